The fourth-order valence-electron chi connectivity index (χ4n) is 1.46. The Balaban J connectivity index is 2.39. The van der Waals surface area contributed by atoms with Crippen LogP contribution in [0.25, 0.3) is 0 Å². The van der Waals surface area contributed by atoms with Gasteiger partial charge in [-0.3, -0.25) is 0 Å². The van der Waals surface area contributed by atoms with Crippen LogP contribution in [-0.4, -0.2) is 13.1 Å². The number of rotatable bonds is 5. The van der Waals surface area contributed by atoms with E-state index in [1.165, 1.54) is 17.5 Å². The van der Waals surface area contributed by atoms with Gasteiger partial charge in [0, 0.05) is 5.02 Å². The van der Waals surface area contributed by atoms with Crippen LogP contribution < -0.4 is 5.32 Å². The van der Waals surface area contributed by atoms with Crippen molar-refractivity contribution in [2.75, 3.05) is 13.1 Å². The first-order chi connectivity index (χ1) is 6.74. The highest BCUT2D eigenvalue weighted by molar-refractivity contribution is 6.31. The summed E-state index contributed by atoms with van der Waals surface area (Å²) in [6.45, 7) is 6.33. The molecule has 0 atom stereocenters. The maximum Gasteiger partial charge on any atom is 0.0435 e. The molecule has 0 aliphatic heterocycles. The van der Waals surface area contributed by atoms with Crippen LogP contribution >= 0.6 is 11.6 Å². The first-order valence-corrected chi connectivity index (χ1v) is 5.57. The van der Waals surface area contributed by atoms with Gasteiger partial charge < -0.3 is 5.32 Å². The van der Waals surface area contributed by atoms with Crippen LogP contribution in [-0.2, 0) is 6.42 Å². The summed E-state index contributed by atoms with van der Waals surface area (Å²) in [5, 5.41) is 4.18. The molecule has 0 amide bonds. The average Bonchev–Trinajstić information content (AvgIpc) is 2.18. The van der Waals surface area contributed by atoms with Gasteiger partial charge in [0.15, 0.2) is 0 Å². The van der Waals surface area contributed by atoms with E-state index in [1.807, 2.05) is 6.07 Å². The Morgan fingerprint density at radius 2 is 2.14 bits per heavy atom. The van der Waals surface area contributed by atoms with Crippen molar-refractivity contribution in [3.05, 3.63) is 34.3 Å². The molecule has 78 valence electrons. The molecular formula is C12H18ClN. The molecule has 14 heavy (non-hydrogen) atoms. The lowest BCUT2D eigenvalue weighted by atomic mass is 10.1. The van der Waals surface area contributed by atoms with E-state index < -0.39 is 0 Å². The molecule has 1 N–H and O–H groups in total. The van der Waals surface area contributed by atoms with Crippen LogP contribution in [0.15, 0.2) is 18.2 Å². The van der Waals surface area contributed by atoms with Gasteiger partial charge in [-0.05, 0) is 50.0 Å². The van der Waals surface area contributed by atoms with Crippen molar-refractivity contribution in [2.24, 2.45) is 0 Å². The molecule has 0 aliphatic rings. The number of aryl methyl sites for hydroxylation is 2. The number of benzene rings is 1. The predicted octanol–water partition coefficient (Wildman–Crippen LogP) is 3.19. The average molecular weight is 212 g/mol. The molecule has 2 heteroatoms. The molecule has 0 unspecified atom stereocenters. The number of nitrogens with one attached hydrogen (secondary N) is 1. The number of hydrogen-bond acceptors (Lipinski definition) is 1. The quantitative estimate of drug-likeness (QED) is 0.738. The van der Waals surface area contributed by atoms with E-state index >= 15 is 0 Å². The molecule has 0 aromatic heterocycles. The summed E-state index contributed by atoms with van der Waals surface area (Å²) in [7, 11) is 0. The predicted molar refractivity (Wildman–Crippen MR) is 63.1 cm³/mol. The maximum atomic E-state index is 5.95. The molecule has 1 aromatic rings. The van der Waals surface area contributed by atoms with Crippen LogP contribution in [0.5, 0.6) is 0 Å². The van der Waals surface area contributed by atoms with Gasteiger partial charge in [0.1, 0.15) is 0 Å². The molecule has 0 heterocycles. The third-order valence-electron chi connectivity index (χ3n) is 2.29. The van der Waals surface area contributed by atoms with Gasteiger partial charge in [-0.1, -0.05) is 30.7 Å². The van der Waals surface area contributed by atoms with Gasteiger partial charge in [-0.15, -0.1) is 0 Å². The molecule has 0 saturated heterocycles. The molecule has 1 nitrogen and oxygen atoms in total. The molecular weight excluding hydrogens is 194 g/mol. The summed E-state index contributed by atoms with van der Waals surface area (Å²) in [5.41, 5.74) is 2.55. The SMILES string of the molecule is CCNCCCc1ccc(Cl)c(C)c1. The smallest absolute Gasteiger partial charge is 0.0435 e. The lowest BCUT2D eigenvalue weighted by Gasteiger charge is -2.04. The zero-order valence-electron chi connectivity index (χ0n) is 8.94. The highest BCUT2D eigenvalue weighted by atomic mass is 35.5. The first kappa shape index (κ1) is 11.5. The van der Waals surface area contributed by atoms with E-state index in [0.29, 0.717) is 0 Å². The van der Waals surface area contributed by atoms with Crippen LogP contribution in [0, 0.1) is 6.92 Å². The first-order valence-electron chi connectivity index (χ1n) is 5.19. The van der Waals surface area contributed by atoms with Crippen molar-refractivity contribution in [1.82, 2.24) is 5.32 Å². The minimum absolute atomic E-state index is 0.862. The Bertz CT molecular complexity index is 284. The van der Waals surface area contributed by atoms with Crippen molar-refractivity contribution in [3.63, 3.8) is 0 Å². The number of hydrogen-bond donors (Lipinski definition) is 1. The highest BCUT2D eigenvalue weighted by Crippen LogP contribution is 2.16. The van der Waals surface area contributed by atoms with Gasteiger partial charge in [0.2, 0.25) is 0 Å². The standard InChI is InChI=1S/C12H18ClN/c1-3-14-8-4-5-11-6-7-12(13)10(2)9-11/h6-7,9,14H,3-5,8H2,1-2H3. The van der Waals surface area contributed by atoms with E-state index in [4.69, 9.17) is 11.6 Å². The second kappa shape index (κ2) is 6.05. The van der Waals surface area contributed by atoms with Crippen LogP contribution in [0.2, 0.25) is 5.02 Å². The molecule has 0 aliphatic carbocycles. The summed E-state index contributed by atoms with van der Waals surface area (Å²) in [6.07, 6.45) is 2.32. The summed E-state index contributed by atoms with van der Waals surface area (Å²) >= 11 is 5.95. The Morgan fingerprint density at radius 3 is 2.79 bits per heavy atom. The van der Waals surface area contributed by atoms with Crippen LogP contribution in [0.4, 0.5) is 0 Å². The van der Waals surface area contributed by atoms with E-state index in [9.17, 15) is 0 Å². The van der Waals surface area contributed by atoms with Gasteiger partial charge in [0.25, 0.3) is 0 Å². The van der Waals surface area contributed by atoms with Crippen molar-refractivity contribution < 1.29 is 0 Å². The minimum Gasteiger partial charge on any atom is -0.317 e. The van der Waals surface area contributed by atoms with Crippen LogP contribution in [0.1, 0.15) is 24.5 Å². The lowest BCUT2D eigenvalue weighted by molar-refractivity contribution is 0.672. The monoisotopic (exact) mass is 211 g/mol. The molecule has 1 aromatic carbocycles. The zero-order valence-corrected chi connectivity index (χ0v) is 9.69. The highest BCUT2D eigenvalue weighted by Gasteiger charge is 1.97. The summed E-state index contributed by atoms with van der Waals surface area (Å²) in [5.74, 6) is 0. The summed E-state index contributed by atoms with van der Waals surface area (Å²) in [4.78, 5) is 0. The second-order valence-electron chi connectivity index (χ2n) is 3.54. The Kier molecular flexibility index (Phi) is 4.99. The Labute approximate surface area is 91.5 Å². The van der Waals surface area contributed by atoms with Gasteiger partial charge in [0.05, 0.1) is 0 Å². The topological polar surface area (TPSA) is 12.0 Å². The van der Waals surface area contributed by atoms with Crippen molar-refractivity contribution in [2.45, 2.75) is 26.7 Å². The van der Waals surface area contributed by atoms with Crippen LogP contribution in [0.3, 0.4) is 0 Å². The van der Waals surface area contributed by atoms with Gasteiger partial charge in [-0.2, -0.15) is 0 Å². The largest absolute Gasteiger partial charge is 0.317 e. The Hall–Kier alpha value is -0.530. The molecule has 0 spiro atoms. The molecule has 0 saturated carbocycles. The molecule has 0 fully saturated rings. The molecule has 1 rings (SSSR count). The van der Waals surface area contributed by atoms with Crippen molar-refractivity contribution in [1.29, 1.82) is 0 Å². The van der Waals surface area contributed by atoms with Crippen molar-refractivity contribution in [3.8, 4) is 0 Å². The third-order valence-corrected chi connectivity index (χ3v) is 2.72. The number of halogens is 1. The maximum absolute atomic E-state index is 5.95. The van der Waals surface area contributed by atoms with Crippen molar-refractivity contribution >= 4 is 11.6 Å². The Morgan fingerprint density at radius 1 is 1.36 bits per heavy atom. The van der Waals surface area contributed by atoms with Gasteiger partial charge in [-0.25, -0.2) is 0 Å². The van der Waals surface area contributed by atoms with Gasteiger partial charge >= 0.3 is 0 Å². The molecule has 0 bridgehead atoms. The van der Waals surface area contributed by atoms with E-state index in [1.54, 1.807) is 0 Å². The molecule has 0 radical (unpaired) electrons. The van der Waals surface area contributed by atoms with E-state index in [0.717, 1.165) is 24.5 Å². The zero-order chi connectivity index (χ0) is 10.4. The fourth-order valence-corrected chi connectivity index (χ4v) is 1.57. The minimum atomic E-state index is 0.862. The third kappa shape index (κ3) is 3.69. The second-order valence-corrected chi connectivity index (χ2v) is 3.95. The lowest BCUT2D eigenvalue weighted by Crippen LogP contribution is -2.14. The normalized spacial score (nSPS) is 10.5. The van der Waals surface area contributed by atoms with E-state index in [2.05, 4.69) is 31.3 Å². The summed E-state index contributed by atoms with van der Waals surface area (Å²) in [6, 6.07) is 6.27. The summed E-state index contributed by atoms with van der Waals surface area (Å²) < 4.78 is 0. The van der Waals surface area contributed by atoms with E-state index in [-0.39, 0.29) is 0 Å². The fraction of sp³-hybridized carbons (Fsp3) is 0.500.